The van der Waals surface area contributed by atoms with E-state index in [0.717, 1.165) is 62.4 Å². The Labute approximate surface area is 320 Å². The highest BCUT2D eigenvalue weighted by Crippen LogP contribution is 2.31. The lowest BCUT2D eigenvalue weighted by Crippen LogP contribution is -3.00. The Kier molecular flexibility index (Phi) is 12.4. The fourth-order valence-electron chi connectivity index (χ4n) is 6.54. The van der Waals surface area contributed by atoms with Gasteiger partial charge in [0.1, 0.15) is 22.5 Å². The Balaban J connectivity index is 0.00000201. The second-order valence-electron chi connectivity index (χ2n) is 12.0. The van der Waals surface area contributed by atoms with Gasteiger partial charge in [-0.05, 0) is 93.9 Å². The molecule has 12 heteroatoms. The maximum atomic E-state index is 4.89. The molecule has 0 amide bonds. The molecule has 48 heavy (non-hydrogen) atoms. The van der Waals surface area contributed by atoms with E-state index in [1.807, 2.05) is 58.9 Å². The second-order valence-corrected chi connectivity index (χ2v) is 16.2. The predicted molar refractivity (Wildman–Crippen MR) is 195 cm³/mol. The second kappa shape index (κ2) is 16.7. The first-order valence-corrected chi connectivity index (χ1v) is 20.0. The summed E-state index contributed by atoms with van der Waals surface area (Å²) in [5.74, 6) is 4.49. The predicted octanol–water partition coefficient (Wildman–Crippen LogP) is 1.67. The number of rotatable bonds is 11. The van der Waals surface area contributed by atoms with E-state index in [4.69, 9.17) is 9.97 Å². The monoisotopic (exact) mass is 840 g/mol. The molecule has 0 spiro atoms. The molecule has 2 aromatic carbocycles. The zero-order chi connectivity index (χ0) is 30.7. The first-order chi connectivity index (χ1) is 22.8. The molecular weight excluding hydrogens is 805 g/mol. The summed E-state index contributed by atoms with van der Waals surface area (Å²) in [5.41, 5.74) is 5.19. The van der Waals surface area contributed by atoms with Crippen molar-refractivity contribution in [3.63, 3.8) is 0 Å². The Morgan fingerprint density at radius 1 is 0.562 bits per heavy atom. The van der Waals surface area contributed by atoms with Crippen molar-refractivity contribution < 1.29 is 43.1 Å². The highest BCUT2D eigenvalue weighted by atomic mass is 79.9. The van der Waals surface area contributed by atoms with E-state index in [0.29, 0.717) is 0 Å². The summed E-state index contributed by atoms with van der Waals surface area (Å²) in [6, 6.07) is 22.6. The zero-order valence-electron chi connectivity index (χ0n) is 26.6. The van der Waals surface area contributed by atoms with E-state index in [2.05, 4.69) is 90.4 Å². The third-order valence-corrected chi connectivity index (χ3v) is 13.0. The normalized spacial score (nSPS) is 14.5. The molecule has 6 nitrogen and oxygen atoms in total. The van der Waals surface area contributed by atoms with Crippen molar-refractivity contribution in [1.29, 1.82) is 0 Å². The molecule has 0 unspecified atom stereocenters. The number of hydrogen-bond acceptors (Lipinski definition) is 8. The van der Waals surface area contributed by atoms with Crippen LogP contribution in [0.2, 0.25) is 0 Å². The highest BCUT2D eigenvalue weighted by molar-refractivity contribution is 8.03. The van der Waals surface area contributed by atoms with Crippen LogP contribution in [0, 0.1) is 0 Å². The average molecular weight is 843 g/mol. The summed E-state index contributed by atoms with van der Waals surface area (Å²) in [6.45, 7) is 6.18. The largest absolute Gasteiger partial charge is 1.00 e. The molecule has 0 N–H and O–H groups in total. The first-order valence-electron chi connectivity index (χ1n) is 16.2. The van der Waals surface area contributed by atoms with Crippen LogP contribution in [0.3, 0.4) is 0 Å². The molecule has 250 valence electrons. The summed E-state index contributed by atoms with van der Waals surface area (Å²) in [5, 5.41) is 4.39. The molecule has 6 aromatic rings. The number of halogens is 2. The van der Waals surface area contributed by atoms with Gasteiger partial charge in [-0.1, -0.05) is 24.3 Å². The zero-order valence-corrected chi connectivity index (χ0v) is 33.1. The molecule has 2 aliphatic rings. The number of nitrogens with zero attached hydrogens (tertiary/aromatic N) is 6. The molecule has 0 radical (unpaired) electrons. The van der Waals surface area contributed by atoms with Crippen LogP contribution in [0.25, 0.3) is 20.4 Å². The minimum Gasteiger partial charge on any atom is -1.00 e. The van der Waals surface area contributed by atoms with Gasteiger partial charge in [-0.3, -0.25) is 0 Å². The van der Waals surface area contributed by atoms with Gasteiger partial charge in [0.15, 0.2) is 11.0 Å². The van der Waals surface area contributed by atoms with Crippen LogP contribution < -0.4 is 52.9 Å². The molecule has 6 heterocycles. The van der Waals surface area contributed by atoms with Gasteiger partial charge in [-0.15, -0.1) is 46.2 Å². The quantitative estimate of drug-likeness (QED) is 0.113. The Hall–Kier alpha value is -2.22. The fourth-order valence-corrected chi connectivity index (χ4v) is 10.2. The number of thiophene rings is 2. The van der Waals surface area contributed by atoms with Crippen molar-refractivity contribution in [2.45, 2.75) is 48.6 Å². The highest BCUT2D eigenvalue weighted by Gasteiger charge is 2.25. The first kappa shape index (κ1) is 35.6. The van der Waals surface area contributed by atoms with Crippen LogP contribution in [-0.2, 0) is 13.1 Å². The van der Waals surface area contributed by atoms with Gasteiger partial charge < -0.3 is 43.8 Å². The Morgan fingerprint density at radius 3 is 1.35 bits per heavy atom. The molecule has 8 rings (SSSR count). The third-order valence-electron chi connectivity index (χ3n) is 8.94. The number of anilines is 2. The van der Waals surface area contributed by atoms with Gasteiger partial charge in [-0.25, -0.2) is 9.13 Å². The lowest BCUT2D eigenvalue weighted by atomic mass is 10.2. The van der Waals surface area contributed by atoms with E-state index in [9.17, 15) is 0 Å². The number of aromatic nitrogens is 4. The maximum Gasteiger partial charge on any atom is 0.289 e. The summed E-state index contributed by atoms with van der Waals surface area (Å²) in [4.78, 5) is 17.3. The molecular formula is C36H38Br2N6S4. The van der Waals surface area contributed by atoms with Gasteiger partial charge in [0.05, 0.1) is 0 Å². The van der Waals surface area contributed by atoms with Crippen LogP contribution in [-0.4, -0.2) is 47.7 Å². The van der Waals surface area contributed by atoms with Crippen LogP contribution in [0.5, 0.6) is 0 Å². The van der Waals surface area contributed by atoms with Crippen molar-refractivity contribution in [2.75, 3.05) is 47.5 Å². The topological polar surface area (TPSA) is 40.0 Å². The Morgan fingerprint density at radius 2 is 0.958 bits per heavy atom. The van der Waals surface area contributed by atoms with Crippen molar-refractivity contribution in [3.05, 3.63) is 95.2 Å². The van der Waals surface area contributed by atoms with E-state index in [1.165, 1.54) is 67.0 Å². The van der Waals surface area contributed by atoms with Gasteiger partial charge in [0.2, 0.25) is 0 Å². The summed E-state index contributed by atoms with van der Waals surface area (Å²) in [7, 11) is 0. The van der Waals surface area contributed by atoms with Crippen LogP contribution in [0.4, 0.5) is 11.6 Å². The molecule has 0 atom stereocenters. The van der Waals surface area contributed by atoms with Crippen molar-refractivity contribution in [2.24, 2.45) is 0 Å². The molecule has 0 aliphatic carbocycles. The molecule has 0 bridgehead atoms. The van der Waals surface area contributed by atoms with E-state index in [-0.39, 0.29) is 34.0 Å². The van der Waals surface area contributed by atoms with E-state index >= 15 is 0 Å². The SMILES string of the molecule is [Br-].[Br-].c1cc2c(s1)c(N1CCCC1)nc[n+]2Cc1ccc(SCCSc2ccc(C[n+]3cnc(N4CCCC4)c4sccc43)cc2)cc1. The lowest BCUT2D eigenvalue weighted by Gasteiger charge is -2.13. The third kappa shape index (κ3) is 7.89. The summed E-state index contributed by atoms with van der Waals surface area (Å²) < 4.78 is 7.20. The van der Waals surface area contributed by atoms with Gasteiger partial charge in [0, 0.05) is 47.5 Å². The van der Waals surface area contributed by atoms with Crippen molar-refractivity contribution >= 4 is 78.3 Å². The van der Waals surface area contributed by atoms with Crippen LogP contribution in [0.15, 0.2) is 93.9 Å². The number of hydrogen-bond donors (Lipinski definition) is 0. The molecule has 2 saturated heterocycles. The smallest absolute Gasteiger partial charge is 0.289 e. The number of fused-ring (bicyclic) bond motifs is 2. The number of thioether (sulfide) groups is 2. The Bertz CT molecular complexity index is 1790. The van der Waals surface area contributed by atoms with E-state index in [1.54, 1.807) is 0 Å². The summed E-state index contributed by atoms with van der Waals surface area (Å²) >= 11 is 7.49. The van der Waals surface area contributed by atoms with Gasteiger partial charge in [-0.2, -0.15) is 0 Å². The van der Waals surface area contributed by atoms with Crippen molar-refractivity contribution in [3.8, 4) is 0 Å². The summed E-state index contributed by atoms with van der Waals surface area (Å²) in [6.07, 6.45) is 9.13. The standard InChI is InChI=1S/C36H38N6S4.2BrH/c1-2-16-39(15-1)35-33-31(13-19-45-33)41(25-37-35)23-27-5-9-29(10-6-27)43-21-22-44-30-11-7-28(8-12-30)24-42-26-38-36(40-17-3-4-18-40)34-32(42)14-20-46-34;;/h5-14,19-20,25-26H,1-4,15-18,21-24H2;2*1H/q+2;;/p-2. The molecule has 2 fully saturated rings. The molecule has 0 saturated carbocycles. The number of benzene rings is 2. The minimum absolute atomic E-state index is 0. The van der Waals surface area contributed by atoms with Crippen LogP contribution in [0.1, 0.15) is 36.8 Å². The molecule has 2 aliphatic heterocycles. The lowest BCUT2D eigenvalue weighted by molar-refractivity contribution is -0.665. The fraction of sp³-hybridized carbons (Fsp3) is 0.333. The van der Waals surface area contributed by atoms with E-state index < -0.39 is 0 Å². The maximum absolute atomic E-state index is 4.89. The minimum atomic E-state index is 0. The van der Waals surface area contributed by atoms with Gasteiger partial charge in [0.25, 0.3) is 24.3 Å². The van der Waals surface area contributed by atoms with Crippen molar-refractivity contribution in [1.82, 2.24) is 9.97 Å². The molecule has 4 aromatic heterocycles. The average Bonchev–Trinajstić information content (AvgIpc) is 3.92. The van der Waals surface area contributed by atoms with Gasteiger partial charge >= 0.3 is 0 Å². The van der Waals surface area contributed by atoms with Crippen LogP contribution >= 0.6 is 46.2 Å².